The predicted molar refractivity (Wildman–Crippen MR) is 107 cm³/mol. The van der Waals surface area contributed by atoms with Crippen molar-refractivity contribution >= 4 is 28.0 Å². The third-order valence-corrected chi connectivity index (χ3v) is 4.79. The number of halogens is 1. The van der Waals surface area contributed by atoms with Gasteiger partial charge < -0.3 is 9.88 Å². The summed E-state index contributed by atoms with van der Waals surface area (Å²) in [6.07, 6.45) is 1.50. The second kappa shape index (κ2) is 6.55. The van der Waals surface area contributed by atoms with Crippen molar-refractivity contribution in [3.8, 4) is 5.69 Å². The Morgan fingerprint density at radius 3 is 2.79 bits per heavy atom. The predicted octanol–water partition coefficient (Wildman–Crippen LogP) is 2.75. The Morgan fingerprint density at radius 1 is 1.14 bits per heavy atom. The molecule has 0 fully saturated rings. The molecular weight excluding hydrogens is 373 g/mol. The summed E-state index contributed by atoms with van der Waals surface area (Å²) >= 11 is 0. The number of hydrogen-bond donors (Lipinski definition) is 2. The van der Waals surface area contributed by atoms with Gasteiger partial charge in [0.05, 0.1) is 29.5 Å². The zero-order valence-corrected chi connectivity index (χ0v) is 15.4. The van der Waals surface area contributed by atoms with Crippen LogP contribution in [0, 0.1) is 5.82 Å². The van der Waals surface area contributed by atoms with E-state index in [1.54, 1.807) is 10.7 Å². The lowest BCUT2D eigenvalue weighted by Gasteiger charge is -2.07. The van der Waals surface area contributed by atoms with Gasteiger partial charge in [0.25, 0.3) is 5.56 Å². The molecule has 0 amide bonds. The average Bonchev–Trinajstić information content (AvgIpc) is 3.28. The quantitative estimate of drug-likeness (QED) is 0.493. The number of hydrogen-bond acceptors (Lipinski definition) is 5. The highest BCUT2D eigenvalue weighted by Crippen LogP contribution is 2.18. The van der Waals surface area contributed by atoms with E-state index in [4.69, 9.17) is 0 Å². The zero-order valence-electron chi connectivity index (χ0n) is 15.4. The first-order chi connectivity index (χ1) is 14.1. The summed E-state index contributed by atoms with van der Waals surface area (Å²) in [5, 5.41) is 7.79. The van der Waals surface area contributed by atoms with Gasteiger partial charge in [-0.15, -0.1) is 0 Å². The number of imidazole rings is 1. The minimum atomic E-state index is -0.333. The first-order valence-electron chi connectivity index (χ1n) is 8.98. The number of aryl methyl sites for hydroxylation is 1. The summed E-state index contributed by atoms with van der Waals surface area (Å²) in [6, 6.07) is 14.0. The first-order valence-corrected chi connectivity index (χ1v) is 8.98. The highest BCUT2D eigenvalue weighted by Gasteiger charge is 2.13. The molecule has 9 heteroatoms. The fraction of sp³-hybridized carbons (Fsp3) is 0.100. The van der Waals surface area contributed by atoms with Gasteiger partial charge in [0.15, 0.2) is 5.65 Å². The van der Waals surface area contributed by atoms with Crippen molar-refractivity contribution in [2.24, 2.45) is 7.05 Å². The smallest absolute Gasteiger partial charge is 0.263 e. The maximum atomic E-state index is 13.4. The number of nitrogens with one attached hydrogen (secondary N) is 2. The van der Waals surface area contributed by atoms with Crippen molar-refractivity contribution < 1.29 is 4.39 Å². The second-order valence-corrected chi connectivity index (χ2v) is 6.62. The molecule has 3 heterocycles. The average molecular weight is 389 g/mol. The van der Waals surface area contributed by atoms with Crippen molar-refractivity contribution in [1.29, 1.82) is 0 Å². The van der Waals surface area contributed by atoms with Crippen LogP contribution >= 0.6 is 0 Å². The standard InChI is InChI=1S/C20H16FN7O/c1-27-16-8-7-12(21)9-15(16)24-17(27)11-22-20-25-18-14(19(29)26-20)10-23-28(18)13-5-3-2-4-6-13/h2-10H,11H2,1H3,(H2,22,25,26,29). The van der Waals surface area contributed by atoms with E-state index in [0.29, 0.717) is 34.9 Å². The van der Waals surface area contributed by atoms with Gasteiger partial charge in [-0.3, -0.25) is 9.78 Å². The Morgan fingerprint density at radius 2 is 1.97 bits per heavy atom. The maximum absolute atomic E-state index is 13.4. The molecule has 0 bridgehead atoms. The molecule has 5 rings (SSSR count). The number of anilines is 1. The van der Waals surface area contributed by atoms with Crippen LogP contribution in [-0.4, -0.2) is 29.3 Å². The van der Waals surface area contributed by atoms with Gasteiger partial charge in [0, 0.05) is 13.1 Å². The summed E-state index contributed by atoms with van der Waals surface area (Å²) in [6.45, 7) is 0.306. The number of rotatable bonds is 4. The third-order valence-electron chi connectivity index (χ3n) is 4.79. The number of aromatic amines is 1. The molecule has 29 heavy (non-hydrogen) atoms. The molecular formula is C20H16FN7O. The summed E-state index contributed by atoms with van der Waals surface area (Å²) in [5.41, 5.74) is 2.37. The minimum Gasteiger partial charge on any atom is -0.348 e. The van der Waals surface area contributed by atoms with E-state index in [-0.39, 0.29) is 11.4 Å². The summed E-state index contributed by atoms with van der Waals surface area (Å²) in [5.74, 6) is 0.657. The number of fused-ring (bicyclic) bond motifs is 2. The van der Waals surface area contributed by atoms with Crippen LogP contribution in [0.5, 0.6) is 0 Å². The van der Waals surface area contributed by atoms with Crippen LogP contribution in [0.1, 0.15) is 5.82 Å². The molecule has 0 aliphatic heterocycles. The second-order valence-electron chi connectivity index (χ2n) is 6.62. The molecule has 8 nitrogen and oxygen atoms in total. The van der Waals surface area contributed by atoms with E-state index in [2.05, 4.69) is 25.4 Å². The summed E-state index contributed by atoms with van der Waals surface area (Å²) in [7, 11) is 1.86. The molecule has 2 aromatic carbocycles. The molecule has 2 N–H and O–H groups in total. The molecule has 0 atom stereocenters. The van der Waals surface area contributed by atoms with Crippen molar-refractivity contribution in [2.45, 2.75) is 6.54 Å². The van der Waals surface area contributed by atoms with Crippen molar-refractivity contribution in [1.82, 2.24) is 29.3 Å². The number of para-hydroxylation sites is 1. The van der Waals surface area contributed by atoms with Crippen LogP contribution in [-0.2, 0) is 13.6 Å². The van der Waals surface area contributed by atoms with E-state index in [9.17, 15) is 9.18 Å². The van der Waals surface area contributed by atoms with Crippen LogP contribution in [0.15, 0.2) is 59.5 Å². The normalized spacial score (nSPS) is 11.4. The van der Waals surface area contributed by atoms with Gasteiger partial charge in [-0.1, -0.05) is 18.2 Å². The minimum absolute atomic E-state index is 0.285. The van der Waals surface area contributed by atoms with E-state index in [1.807, 2.05) is 41.9 Å². The lowest BCUT2D eigenvalue weighted by atomic mass is 10.3. The molecule has 0 aliphatic carbocycles. The van der Waals surface area contributed by atoms with E-state index in [0.717, 1.165) is 11.2 Å². The highest BCUT2D eigenvalue weighted by molar-refractivity contribution is 5.77. The van der Waals surface area contributed by atoms with Crippen LogP contribution in [0.25, 0.3) is 27.8 Å². The number of benzene rings is 2. The molecule has 0 radical (unpaired) electrons. The maximum Gasteiger partial charge on any atom is 0.263 e. The molecule has 144 valence electrons. The zero-order chi connectivity index (χ0) is 20.0. The topological polar surface area (TPSA) is 93.4 Å². The van der Waals surface area contributed by atoms with Crippen LogP contribution in [0.3, 0.4) is 0 Å². The fourth-order valence-corrected chi connectivity index (χ4v) is 3.30. The molecule has 5 aromatic rings. The number of nitrogens with zero attached hydrogens (tertiary/aromatic N) is 5. The largest absolute Gasteiger partial charge is 0.348 e. The lowest BCUT2D eigenvalue weighted by molar-refractivity contribution is 0.629. The monoisotopic (exact) mass is 389 g/mol. The van der Waals surface area contributed by atoms with Gasteiger partial charge in [0.1, 0.15) is 17.0 Å². The van der Waals surface area contributed by atoms with Gasteiger partial charge >= 0.3 is 0 Å². The van der Waals surface area contributed by atoms with E-state index < -0.39 is 0 Å². The van der Waals surface area contributed by atoms with Crippen LogP contribution in [0.2, 0.25) is 0 Å². The van der Waals surface area contributed by atoms with Crippen LogP contribution < -0.4 is 10.9 Å². The SMILES string of the molecule is Cn1c(CNc2nc3c(cnn3-c3ccccc3)c(=O)[nH]2)nc2cc(F)ccc21. The van der Waals surface area contributed by atoms with Crippen molar-refractivity contribution in [3.63, 3.8) is 0 Å². The molecule has 0 unspecified atom stereocenters. The Labute approximate surface area is 163 Å². The Hall–Kier alpha value is -4.01. The molecule has 0 saturated heterocycles. The van der Waals surface area contributed by atoms with Gasteiger partial charge in [-0.25, -0.2) is 14.1 Å². The van der Waals surface area contributed by atoms with Crippen molar-refractivity contribution in [2.75, 3.05) is 5.32 Å². The van der Waals surface area contributed by atoms with Crippen molar-refractivity contribution in [3.05, 3.63) is 76.7 Å². The molecule has 0 saturated carbocycles. The number of aromatic nitrogens is 6. The Balaban J connectivity index is 1.50. The number of H-pyrrole nitrogens is 1. The third kappa shape index (κ3) is 2.92. The van der Waals surface area contributed by atoms with E-state index >= 15 is 0 Å². The lowest BCUT2D eigenvalue weighted by Crippen LogP contribution is -2.15. The van der Waals surface area contributed by atoms with E-state index in [1.165, 1.54) is 18.3 Å². The molecule has 0 aliphatic rings. The Kier molecular flexibility index (Phi) is 3.87. The van der Waals surface area contributed by atoms with Gasteiger partial charge in [-0.2, -0.15) is 10.1 Å². The Bertz CT molecular complexity index is 1400. The fourth-order valence-electron chi connectivity index (χ4n) is 3.30. The van der Waals surface area contributed by atoms with Crippen LogP contribution in [0.4, 0.5) is 10.3 Å². The molecule has 3 aromatic heterocycles. The van der Waals surface area contributed by atoms with Gasteiger partial charge in [0.2, 0.25) is 5.95 Å². The first kappa shape index (κ1) is 17.1. The summed E-state index contributed by atoms with van der Waals surface area (Å²) < 4.78 is 16.9. The van der Waals surface area contributed by atoms with Gasteiger partial charge in [-0.05, 0) is 24.3 Å². The summed E-state index contributed by atoms with van der Waals surface area (Å²) in [4.78, 5) is 24.1. The highest BCUT2D eigenvalue weighted by atomic mass is 19.1. The molecule has 0 spiro atoms.